The van der Waals surface area contributed by atoms with Crippen LogP contribution in [0.4, 0.5) is 0 Å². The van der Waals surface area contributed by atoms with Gasteiger partial charge in [-0.3, -0.25) is 0 Å². The largest absolute Gasteiger partial charge is 0.516 e. The fraction of sp³-hybridized carbons (Fsp3) is 0.500. The molecule has 0 atom stereocenters. The number of rotatable bonds is 2. The molecule has 0 aliphatic carbocycles. The first-order valence-corrected chi connectivity index (χ1v) is 1.82. The monoisotopic (exact) mass is 106 g/mol. The lowest BCUT2D eigenvalue weighted by atomic mass is 10.5. The van der Waals surface area contributed by atoms with Crippen molar-refractivity contribution >= 4 is 0 Å². The van der Waals surface area contributed by atoms with Crippen molar-refractivity contribution in [2.45, 2.75) is 6.42 Å². The van der Waals surface area contributed by atoms with Crippen LogP contribution in [0.5, 0.6) is 0 Å². The summed E-state index contributed by atoms with van der Waals surface area (Å²) in [6, 6.07) is 0. The molecule has 0 bridgehead atoms. The predicted octanol–water partition coefficient (Wildman–Crippen LogP) is -0.384. The zero-order valence-electron chi connectivity index (χ0n) is 3.96. The molecule has 0 radical (unpaired) electrons. The minimum Gasteiger partial charge on any atom is -0.516 e. The summed E-state index contributed by atoms with van der Waals surface area (Å²) in [5.41, 5.74) is 0. The van der Waals surface area contributed by atoms with Crippen molar-refractivity contribution in [3.8, 4) is 0 Å². The van der Waals surface area contributed by atoms with E-state index in [0.717, 1.165) is 6.26 Å². The van der Waals surface area contributed by atoms with Gasteiger partial charge in [0.05, 0.1) is 6.26 Å². The first kappa shape index (κ1) is 9.68. The molecule has 0 unspecified atom stereocenters. The molecule has 0 spiro atoms. The van der Waals surface area contributed by atoms with E-state index in [2.05, 4.69) is 0 Å². The van der Waals surface area contributed by atoms with Crippen molar-refractivity contribution in [1.29, 1.82) is 0 Å². The molecule has 0 heterocycles. The van der Waals surface area contributed by atoms with Gasteiger partial charge in [-0.15, -0.1) is 0 Å². The molecule has 0 fully saturated rings. The molecule has 0 aromatic carbocycles. The van der Waals surface area contributed by atoms with Crippen molar-refractivity contribution in [2.75, 3.05) is 6.61 Å². The van der Waals surface area contributed by atoms with Crippen molar-refractivity contribution in [3.63, 3.8) is 0 Å². The fourth-order valence-electron chi connectivity index (χ4n) is 0.149. The molecular formula is C4H10O3. The highest BCUT2D eigenvalue weighted by atomic mass is 16.3. The summed E-state index contributed by atoms with van der Waals surface area (Å²) >= 11 is 0. The second-order valence-corrected chi connectivity index (χ2v) is 0.897. The Labute approximate surface area is 42.2 Å². The van der Waals surface area contributed by atoms with Gasteiger partial charge in [-0.1, -0.05) is 0 Å². The van der Waals surface area contributed by atoms with Crippen LogP contribution in [-0.4, -0.2) is 22.3 Å². The van der Waals surface area contributed by atoms with Gasteiger partial charge in [0.2, 0.25) is 0 Å². The van der Waals surface area contributed by atoms with E-state index in [4.69, 9.17) is 10.2 Å². The average molecular weight is 106 g/mol. The Morgan fingerprint density at radius 2 is 2.00 bits per heavy atom. The van der Waals surface area contributed by atoms with Gasteiger partial charge in [-0.2, -0.15) is 0 Å². The Morgan fingerprint density at radius 3 is 2.14 bits per heavy atom. The Bertz CT molecular complexity index is 42.2. The van der Waals surface area contributed by atoms with Crippen LogP contribution in [0.2, 0.25) is 0 Å². The normalized spacial score (nSPS) is 8.71. The third-order valence-electron chi connectivity index (χ3n) is 0.401. The lowest BCUT2D eigenvalue weighted by molar-refractivity contribution is 0.301. The summed E-state index contributed by atoms with van der Waals surface area (Å²) in [7, 11) is 0. The van der Waals surface area contributed by atoms with Crippen molar-refractivity contribution in [2.24, 2.45) is 0 Å². The van der Waals surface area contributed by atoms with Crippen LogP contribution in [0.3, 0.4) is 0 Å². The number of hydrogen-bond donors (Lipinski definition) is 2. The van der Waals surface area contributed by atoms with E-state index >= 15 is 0 Å². The Balaban J connectivity index is 0. The zero-order valence-corrected chi connectivity index (χ0v) is 3.96. The standard InChI is InChI=1S/C4H8O2.H2O/c5-3-1-2-4-6;/h1,3,5-6H,2,4H2;1H2. The molecule has 3 nitrogen and oxygen atoms in total. The predicted molar refractivity (Wildman–Crippen MR) is 27.1 cm³/mol. The smallest absolute Gasteiger partial charge is 0.0752 e. The maximum absolute atomic E-state index is 8.04. The van der Waals surface area contributed by atoms with Gasteiger partial charge < -0.3 is 15.7 Å². The maximum Gasteiger partial charge on any atom is 0.0752 e. The second-order valence-electron chi connectivity index (χ2n) is 0.897. The van der Waals surface area contributed by atoms with Crippen LogP contribution in [-0.2, 0) is 0 Å². The van der Waals surface area contributed by atoms with E-state index in [0.29, 0.717) is 6.42 Å². The van der Waals surface area contributed by atoms with E-state index in [1.54, 1.807) is 0 Å². The first-order chi connectivity index (χ1) is 2.91. The molecule has 0 amide bonds. The van der Waals surface area contributed by atoms with E-state index < -0.39 is 0 Å². The topological polar surface area (TPSA) is 72.0 Å². The van der Waals surface area contributed by atoms with Crippen LogP contribution in [0, 0.1) is 0 Å². The zero-order chi connectivity index (χ0) is 4.83. The lowest BCUT2D eigenvalue weighted by Gasteiger charge is -1.76. The summed E-state index contributed by atoms with van der Waals surface area (Å²) in [5, 5.41) is 15.9. The van der Waals surface area contributed by atoms with Gasteiger partial charge in [0.15, 0.2) is 0 Å². The first-order valence-electron chi connectivity index (χ1n) is 1.82. The fourth-order valence-corrected chi connectivity index (χ4v) is 0.149. The lowest BCUT2D eigenvalue weighted by Crippen LogP contribution is -1.73. The maximum atomic E-state index is 8.04. The SMILES string of the molecule is O.OC=CCCO. The highest BCUT2D eigenvalue weighted by Crippen LogP contribution is 1.74. The molecule has 44 valence electrons. The summed E-state index contributed by atoms with van der Waals surface area (Å²) in [4.78, 5) is 0. The molecule has 0 rings (SSSR count). The molecular weight excluding hydrogens is 96.0 g/mol. The van der Waals surface area contributed by atoms with E-state index in [1.165, 1.54) is 6.08 Å². The van der Waals surface area contributed by atoms with Gasteiger partial charge in [0.25, 0.3) is 0 Å². The third kappa shape index (κ3) is 10.8. The van der Waals surface area contributed by atoms with E-state index in [9.17, 15) is 0 Å². The third-order valence-corrected chi connectivity index (χ3v) is 0.401. The molecule has 0 aliphatic heterocycles. The second kappa shape index (κ2) is 9.07. The van der Waals surface area contributed by atoms with Gasteiger partial charge >= 0.3 is 0 Å². The van der Waals surface area contributed by atoms with Gasteiger partial charge in [-0.05, 0) is 12.5 Å². The van der Waals surface area contributed by atoms with E-state index in [1.807, 2.05) is 0 Å². The summed E-state index contributed by atoms with van der Waals surface area (Å²) in [6.07, 6.45) is 2.95. The molecule has 7 heavy (non-hydrogen) atoms. The summed E-state index contributed by atoms with van der Waals surface area (Å²) in [6.45, 7) is 0.108. The summed E-state index contributed by atoms with van der Waals surface area (Å²) in [5.74, 6) is 0. The molecule has 0 aromatic rings. The van der Waals surface area contributed by atoms with Gasteiger partial charge in [-0.25, -0.2) is 0 Å². The van der Waals surface area contributed by atoms with Crippen molar-refractivity contribution in [3.05, 3.63) is 12.3 Å². The minimum absolute atomic E-state index is 0. The van der Waals surface area contributed by atoms with Crippen molar-refractivity contribution < 1.29 is 15.7 Å². The molecule has 0 aromatic heterocycles. The Hall–Kier alpha value is -0.540. The van der Waals surface area contributed by atoms with Gasteiger partial charge in [0, 0.05) is 6.61 Å². The molecule has 0 saturated heterocycles. The van der Waals surface area contributed by atoms with Crippen molar-refractivity contribution in [1.82, 2.24) is 0 Å². The average Bonchev–Trinajstić information content (AvgIpc) is 1.61. The highest BCUT2D eigenvalue weighted by molar-refractivity contribution is 4.69. The minimum atomic E-state index is 0. The van der Waals surface area contributed by atoms with Crippen LogP contribution in [0.1, 0.15) is 6.42 Å². The molecule has 0 saturated carbocycles. The number of aliphatic hydroxyl groups is 2. The van der Waals surface area contributed by atoms with Crippen LogP contribution in [0.15, 0.2) is 12.3 Å². The Morgan fingerprint density at radius 1 is 1.43 bits per heavy atom. The van der Waals surface area contributed by atoms with E-state index in [-0.39, 0.29) is 12.1 Å². The molecule has 0 aliphatic rings. The number of aliphatic hydroxyl groups excluding tert-OH is 2. The van der Waals surface area contributed by atoms with Crippen LogP contribution >= 0.6 is 0 Å². The van der Waals surface area contributed by atoms with Crippen LogP contribution < -0.4 is 0 Å². The van der Waals surface area contributed by atoms with Crippen LogP contribution in [0.25, 0.3) is 0 Å². The summed E-state index contributed by atoms with van der Waals surface area (Å²) < 4.78 is 0. The number of hydrogen-bond acceptors (Lipinski definition) is 2. The highest BCUT2D eigenvalue weighted by Gasteiger charge is 1.67. The van der Waals surface area contributed by atoms with Gasteiger partial charge in [0.1, 0.15) is 0 Å². The Kier molecular flexibility index (Phi) is 12.5. The molecule has 3 heteroatoms. The molecule has 4 N–H and O–H groups in total. The quantitative estimate of drug-likeness (QED) is 0.471.